The van der Waals surface area contributed by atoms with E-state index in [4.69, 9.17) is 14.2 Å². The molecule has 0 aliphatic rings. The lowest BCUT2D eigenvalue weighted by Gasteiger charge is -2.32. The van der Waals surface area contributed by atoms with E-state index < -0.39 is 23.4 Å². The van der Waals surface area contributed by atoms with Gasteiger partial charge in [0, 0.05) is 18.7 Å². The molecule has 2 aromatic carbocycles. The van der Waals surface area contributed by atoms with Crippen LogP contribution in [-0.2, 0) is 9.47 Å². The highest BCUT2D eigenvalue weighted by Crippen LogP contribution is 2.37. The van der Waals surface area contributed by atoms with Gasteiger partial charge in [-0.15, -0.1) is 0 Å². The summed E-state index contributed by atoms with van der Waals surface area (Å²) in [5.74, 6) is -2.02. The Morgan fingerprint density at radius 2 is 1.51 bits per heavy atom. The van der Waals surface area contributed by atoms with Crippen molar-refractivity contribution in [1.82, 2.24) is 9.79 Å². The second-order valence-electron chi connectivity index (χ2n) is 8.57. The van der Waals surface area contributed by atoms with Crippen LogP contribution in [0.25, 0.3) is 0 Å². The van der Waals surface area contributed by atoms with Crippen LogP contribution in [0, 0.1) is 0 Å². The molecule has 1 N–H and O–H groups in total. The summed E-state index contributed by atoms with van der Waals surface area (Å²) in [5, 5.41) is 3.21. The first-order valence-corrected chi connectivity index (χ1v) is 12.3. The van der Waals surface area contributed by atoms with Crippen molar-refractivity contribution in [1.29, 1.82) is 0 Å². The first kappa shape index (κ1) is 27.7. The number of aromatic nitrogens is 1. The predicted octanol–water partition coefficient (Wildman–Crippen LogP) is 3.11. The number of nitrogens with zero attached hydrogens (tertiary/aromatic N) is 1. The van der Waals surface area contributed by atoms with Gasteiger partial charge in [0.15, 0.2) is 19.4 Å². The fourth-order valence-electron chi connectivity index (χ4n) is 4.42. The van der Waals surface area contributed by atoms with Crippen molar-refractivity contribution in [2.45, 2.75) is 31.7 Å². The smallest absolute Gasteiger partial charge is 0.358 e. The summed E-state index contributed by atoms with van der Waals surface area (Å²) in [4.78, 5) is 39.3. The highest BCUT2D eigenvalue weighted by atomic mass is 16.5. The third kappa shape index (κ3) is 6.29. The zero-order valence-corrected chi connectivity index (χ0v) is 21.7. The van der Waals surface area contributed by atoms with Crippen LogP contribution in [0.2, 0.25) is 0 Å². The van der Waals surface area contributed by atoms with Gasteiger partial charge in [0.1, 0.15) is 5.56 Å². The largest absolute Gasteiger partial charge is 0.487 e. The van der Waals surface area contributed by atoms with Crippen LogP contribution in [-0.4, -0.2) is 51.9 Å². The number of benzene rings is 2. The van der Waals surface area contributed by atoms with E-state index in [9.17, 15) is 14.4 Å². The molecule has 0 bridgehead atoms. The fourth-order valence-corrected chi connectivity index (χ4v) is 4.42. The van der Waals surface area contributed by atoms with E-state index >= 15 is 0 Å². The topological polar surface area (TPSA) is 95.9 Å². The molecule has 1 atom stereocenters. The number of unbranched alkanes of at least 4 members (excludes halogenated alkanes) is 1. The molecule has 9 heteroatoms. The summed E-state index contributed by atoms with van der Waals surface area (Å²) in [7, 11) is 4.26. The molecule has 0 saturated heterocycles. The summed E-state index contributed by atoms with van der Waals surface area (Å²) >= 11 is 0. The average molecular weight is 504 g/mol. The molecule has 0 amide bonds. The monoisotopic (exact) mass is 504 g/mol. The zero-order valence-electron chi connectivity index (χ0n) is 21.7. The van der Waals surface area contributed by atoms with Crippen LogP contribution in [0.3, 0.4) is 0 Å². The molecule has 1 aromatic heterocycles. The number of carbonyl (C=O) groups is 2. The number of hydrogen-bond donors (Lipinski definition) is 1. The van der Waals surface area contributed by atoms with Gasteiger partial charge in [-0.2, -0.15) is 0 Å². The van der Waals surface area contributed by atoms with Crippen molar-refractivity contribution in [3.63, 3.8) is 0 Å². The first-order chi connectivity index (χ1) is 18.0. The van der Waals surface area contributed by atoms with Crippen molar-refractivity contribution in [2.24, 2.45) is 0 Å². The molecule has 0 aliphatic carbocycles. The molecule has 0 radical (unpaired) electrons. The third-order valence-corrected chi connectivity index (χ3v) is 6.19. The summed E-state index contributed by atoms with van der Waals surface area (Å²) in [6, 6.07) is 19.3. The maximum absolute atomic E-state index is 13.4. The molecule has 0 saturated carbocycles. The number of pyridine rings is 1. The van der Waals surface area contributed by atoms with Gasteiger partial charge in [-0.1, -0.05) is 74.0 Å². The molecular formula is C28H33BN2O6. The zero-order chi connectivity index (χ0) is 26.8. The molecule has 8 nitrogen and oxygen atoms in total. The molecule has 0 fully saturated rings. The Balaban J connectivity index is 2.38. The summed E-state index contributed by atoms with van der Waals surface area (Å²) < 4.78 is 17.5. The van der Waals surface area contributed by atoms with E-state index in [0.717, 1.165) is 17.5 Å². The second-order valence-corrected chi connectivity index (χ2v) is 8.57. The minimum absolute atomic E-state index is 0.0478. The van der Waals surface area contributed by atoms with E-state index in [1.54, 1.807) is 12.5 Å². The van der Waals surface area contributed by atoms with E-state index in [-0.39, 0.29) is 29.5 Å². The molecule has 37 heavy (non-hydrogen) atoms. The van der Waals surface area contributed by atoms with E-state index in [0.29, 0.717) is 13.0 Å². The SMILES string of the molecule is BNC[C@H](C(c1ccccc1)c1ccccc1)n1cc(C(=O)OC)c(=O)c(OCCCC)c1C(=O)OC. The Kier molecular flexibility index (Phi) is 10.1. The van der Waals surface area contributed by atoms with Crippen LogP contribution in [0.5, 0.6) is 5.75 Å². The van der Waals surface area contributed by atoms with Gasteiger partial charge in [0.25, 0.3) is 0 Å². The third-order valence-electron chi connectivity index (χ3n) is 6.19. The van der Waals surface area contributed by atoms with Gasteiger partial charge in [0.05, 0.1) is 26.9 Å². The van der Waals surface area contributed by atoms with Gasteiger partial charge >= 0.3 is 11.9 Å². The Bertz CT molecular complexity index is 1210. The minimum Gasteiger partial charge on any atom is -0.487 e. The van der Waals surface area contributed by atoms with Crippen molar-refractivity contribution in [3.8, 4) is 5.75 Å². The summed E-state index contributed by atoms with van der Waals surface area (Å²) in [6.45, 7) is 2.59. The highest BCUT2D eigenvalue weighted by molar-refractivity contribution is 6.04. The molecule has 0 unspecified atom stereocenters. The number of esters is 2. The molecular weight excluding hydrogens is 471 g/mol. The molecule has 0 aliphatic heterocycles. The van der Waals surface area contributed by atoms with Crippen molar-refractivity contribution in [3.05, 3.63) is 99.5 Å². The lowest BCUT2D eigenvalue weighted by atomic mass is 9.84. The van der Waals surface area contributed by atoms with E-state index in [2.05, 4.69) is 5.23 Å². The van der Waals surface area contributed by atoms with Gasteiger partial charge in [-0.25, -0.2) is 9.59 Å². The van der Waals surface area contributed by atoms with Crippen LogP contribution in [0.1, 0.15) is 63.7 Å². The van der Waals surface area contributed by atoms with Gasteiger partial charge in [-0.3, -0.25) is 4.79 Å². The quantitative estimate of drug-likeness (QED) is 0.230. The number of carbonyl (C=O) groups excluding carboxylic acids is 2. The number of ether oxygens (including phenoxy) is 3. The summed E-state index contributed by atoms with van der Waals surface area (Å²) in [6.07, 6.45) is 2.87. The van der Waals surface area contributed by atoms with Crippen molar-refractivity contribution in [2.75, 3.05) is 27.4 Å². The Labute approximate surface area is 218 Å². The number of nitrogens with one attached hydrogen (secondary N) is 1. The lowest BCUT2D eigenvalue weighted by molar-refractivity contribution is 0.0563. The molecule has 3 aromatic rings. The second kappa shape index (κ2) is 13.5. The van der Waals surface area contributed by atoms with Crippen molar-refractivity contribution >= 4 is 19.9 Å². The van der Waals surface area contributed by atoms with E-state index in [1.165, 1.54) is 20.4 Å². The van der Waals surface area contributed by atoms with Crippen LogP contribution < -0.4 is 15.4 Å². The molecule has 194 valence electrons. The Morgan fingerprint density at radius 3 is 2.00 bits per heavy atom. The molecule has 3 rings (SSSR count). The Hall–Kier alpha value is -3.85. The number of rotatable bonds is 12. The van der Waals surface area contributed by atoms with Gasteiger partial charge in [-0.05, 0) is 17.5 Å². The van der Waals surface area contributed by atoms with Gasteiger partial charge < -0.3 is 24.0 Å². The van der Waals surface area contributed by atoms with Crippen molar-refractivity contribution < 1.29 is 23.8 Å². The fraction of sp³-hybridized carbons (Fsp3) is 0.321. The summed E-state index contributed by atoms with van der Waals surface area (Å²) in [5.41, 5.74) is 1.02. The maximum atomic E-state index is 13.4. The highest BCUT2D eigenvalue weighted by Gasteiger charge is 2.33. The van der Waals surface area contributed by atoms with Gasteiger partial charge in [0.2, 0.25) is 5.43 Å². The van der Waals surface area contributed by atoms with E-state index in [1.807, 2.05) is 67.6 Å². The number of methoxy groups -OCH3 is 2. The lowest BCUT2D eigenvalue weighted by Crippen LogP contribution is -2.35. The maximum Gasteiger partial charge on any atom is 0.358 e. The average Bonchev–Trinajstić information content (AvgIpc) is 2.94. The standard InChI is InChI=1S/C28H33BN2O6/c1-4-5-16-37-26-24(28(34)36-3)31(18-21(25(26)32)27(33)35-2)22(17-30-29)23(19-12-8-6-9-13-19)20-14-10-7-11-15-20/h6-15,18,22-23,30H,4-5,16-17,29H2,1-3H3/t22-/m1/s1. The number of hydrogen-bond acceptors (Lipinski definition) is 7. The molecule has 1 heterocycles. The normalized spacial score (nSPS) is 11.7. The minimum atomic E-state index is -0.810. The predicted molar refractivity (Wildman–Crippen MR) is 144 cm³/mol. The first-order valence-electron chi connectivity index (χ1n) is 12.3. The Morgan fingerprint density at radius 1 is 0.946 bits per heavy atom. The van der Waals surface area contributed by atoms with Crippen LogP contribution in [0.15, 0.2) is 71.7 Å². The molecule has 0 spiro atoms. The van der Waals surface area contributed by atoms with Crippen LogP contribution >= 0.6 is 0 Å². The van der Waals surface area contributed by atoms with Crippen LogP contribution in [0.4, 0.5) is 0 Å².